The summed E-state index contributed by atoms with van der Waals surface area (Å²) in [5.41, 5.74) is 0. The second kappa shape index (κ2) is 9.13. The van der Waals surface area contributed by atoms with Crippen LogP contribution in [-0.2, 0) is 14.3 Å². The zero-order valence-electron chi connectivity index (χ0n) is 17.1. The minimum atomic E-state index is -0.207. The quantitative estimate of drug-likeness (QED) is 0.727. The number of fused-ring (bicyclic) bond motifs is 2. The summed E-state index contributed by atoms with van der Waals surface area (Å²) in [5.74, 6) is 0.254. The molecule has 4 heterocycles. The Balaban J connectivity index is 1.32. The molecule has 0 aliphatic carbocycles. The lowest BCUT2D eigenvalue weighted by molar-refractivity contribution is -0.133. The van der Waals surface area contributed by atoms with E-state index < -0.39 is 0 Å². The summed E-state index contributed by atoms with van der Waals surface area (Å²) in [6, 6.07) is 0.620. The number of amides is 2. The summed E-state index contributed by atoms with van der Waals surface area (Å²) in [5, 5.41) is 0. The zero-order valence-corrected chi connectivity index (χ0v) is 17.1. The van der Waals surface area contributed by atoms with Gasteiger partial charge in [-0.25, -0.2) is 4.79 Å². The molecule has 0 saturated carbocycles. The molecular weight excluding hydrogens is 370 g/mol. The van der Waals surface area contributed by atoms with Crippen molar-refractivity contribution in [1.29, 1.82) is 0 Å². The smallest absolute Gasteiger partial charge is 0.410 e. The Hall–Kier alpha value is -2.12. The summed E-state index contributed by atoms with van der Waals surface area (Å²) in [6.07, 6.45) is 14.7. The first-order chi connectivity index (χ1) is 14.2. The molecule has 3 fully saturated rings. The predicted octanol–water partition coefficient (Wildman–Crippen LogP) is 2.51. The number of hydrogen-bond acceptors (Lipinski definition) is 5. The number of rotatable bonds is 3. The van der Waals surface area contributed by atoms with Gasteiger partial charge in [0.2, 0.25) is 5.91 Å². The monoisotopic (exact) mass is 401 g/mol. The van der Waals surface area contributed by atoms with Crippen molar-refractivity contribution in [2.75, 3.05) is 32.9 Å². The Labute approximate surface area is 172 Å². The minimum Gasteiger partial charge on any atom is -0.450 e. The van der Waals surface area contributed by atoms with Crippen LogP contribution in [0.2, 0.25) is 0 Å². The summed E-state index contributed by atoms with van der Waals surface area (Å²) in [7, 11) is 0. The van der Waals surface area contributed by atoms with Crippen molar-refractivity contribution < 1.29 is 19.1 Å². The van der Waals surface area contributed by atoms with E-state index in [9.17, 15) is 9.59 Å². The van der Waals surface area contributed by atoms with Gasteiger partial charge in [-0.05, 0) is 57.8 Å². The lowest BCUT2D eigenvalue weighted by Gasteiger charge is -2.50. The highest BCUT2D eigenvalue weighted by atomic mass is 16.6. The maximum Gasteiger partial charge on any atom is 0.410 e. The van der Waals surface area contributed by atoms with Crippen LogP contribution in [0.25, 0.3) is 0 Å². The molecule has 0 N–H and O–H groups in total. The molecule has 0 aromatic heterocycles. The van der Waals surface area contributed by atoms with Crippen LogP contribution in [0.15, 0.2) is 36.7 Å². The fourth-order valence-corrected chi connectivity index (χ4v) is 5.01. The molecule has 0 radical (unpaired) electrons. The number of ether oxygens (including phenoxy) is 2. The van der Waals surface area contributed by atoms with E-state index in [4.69, 9.17) is 9.47 Å². The van der Waals surface area contributed by atoms with Gasteiger partial charge in [0.25, 0.3) is 0 Å². The van der Waals surface area contributed by atoms with Gasteiger partial charge in [0.05, 0.1) is 31.9 Å². The van der Waals surface area contributed by atoms with E-state index in [1.54, 1.807) is 4.90 Å². The number of hydrogen-bond donors (Lipinski definition) is 0. The lowest BCUT2D eigenvalue weighted by Crippen LogP contribution is -2.63. The average molecular weight is 402 g/mol. The summed E-state index contributed by atoms with van der Waals surface area (Å²) < 4.78 is 11.0. The van der Waals surface area contributed by atoms with Crippen LogP contribution in [0.3, 0.4) is 0 Å². The lowest BCUT2D eigenvalue weighted by atomic mass is 9.87. The third-order valence-corrected chi connectivity index (χ3v) is 6.45. The third-order valence-electron chi connectivity index (χ3n) is 6.45. The van der Waals surface area contributed by atoms with Crippen molar-refractivity contribution in [3.8, 4) is 0 Å². The Bertz CT molecular complexity index is 666. The maximum absolute atomic E-state index is 12.8. The topological polar surface area (TPSA) is 62.3 Å². The molecule has 2 amide bonds. The molecule has 158 valence electrons. The Morgan fingerprint density at radius 2 is 1.59 bits per heavy atom. The number of morpholine rings is 1. The van der Waals surface area contributed by atoms with Crippen LogP contribution in [0.5, 0.6) is 0 Å². The van der Waals surface area contributed by atoms with Crippen molar-refractivity contribution in [1.82, 2.24) is 14.7 Å². The largest absolute Gasteiger partial charge is 0.450 e. The summed E-state index contributed by atoms with van der Waals surface area (Å²) in [4.78, 5) is 31.3. The number of nitrogens with zero attached hydrogens (tertiary/aromatic N) is 3. The highest BCUT2D eigenvalue weighted by molar-refractivity contribution is 5.81. The van der Waals surface area contributed by atoms with Crippen molar-refractivity contribution in [3.63, 3.8) is 0 Å². The molecule has 4 rings (SSSR count). The molecule has 7 heteroatoms. The fourth-order valence-electron chi connectivity index (χ4n) is 5.01. The van der Waals surface area contributed by atoms with E-state index in [1.165, 1.54) is 0 Å². The van der Waals surface area contributed by atoms with E-state index >= 15 is 0 Å². The fraction of sp³-hybridized carbons (Fsp3) is 0.636. The maximum atomic E-state index is 12.8. The van der Waals surface area contributed by atoms with Gasteiger partial charge in [0.15, 0.2) is 0 Å². The molecule has 4 aliphatic heterocycles. The van der Waals surface area contributed by atoms with Gasteiger partial charge in [-0.15, -0.1) is 0 Å². The molecule has 2 atom stereocenters. The Morgan fingerprint density at radius 1 is 0.966 bits per heavy atom. The first-order valence-electron chi connectivity index (χ1n) is 10.8. The normalized spacial score (nSPS) is 30.3. The van der Waals surface area contributed by atoms with Gasteiger partial charge in [-0.2, -0.15) is 0 Å². The molecule has 2 unspecified atom stereocenters. The molecule has 0 aromatic rings. The standard InChI is InChI=1S/C22H31N3O4/c1-2-29-22(27)25-19-13-18(14-20(25)16-28-15-19)23-11-7-17(8-12-23)21(26)24-9-5-3-4-6-10-24/h3-6,9-10,17-20H,2,7-8,11-16H2,1H3. The summed E-state index contributed by atoms with van der Waals surface area (Å²) >= 11 is 0. The third kappa shape index (κ3) is 4.41. The highest BCUT2D eigenvalue weighted by Gasteiger charge is 2.44. The van der Waals surface area contributed by atoms with Crippen molar-refractivity contribution in [2.45, 2.75) is 50.7 Å². The van der Waals surface area contributed by atoms with Crippen LogP contribution >= 0.6 is 0 Å². The molecule has 7 nitrogen and oxygen atoms in total. The Morgan fingerprint density at radius 3 is 2.17 bits per heavy atom. The Kier molecular flexibility index (Phi) is 6.35. The molecule has 0 spiro atoms. The first-order valence-corrected chi connectivity index (χ1v) is 10.8. The van der Waals surface area contributed by atoms with Gasteiger partial charge in [-0.1, -0.05) is 12.2 Å². The number of likely N-dealkylation sites (tertiary alicyclic amines) is 1. The van der Waals surface area contributed by atoms with Crippen molar-refractivity contribution in [3.05, 3.63) is 36.7 Å². The van der Waals surface area contributed by atoms with E-state index in [-0.39, 0.29) is 30.0 Å². The number of carbonyl (C=O) groups is 2. The number of carbonyl (C=O) groups excluding carboxylic acids is 2. The first kappa shape index (κ1) is 20.2. The molecule has 2 bridgehead atoms. The van der Waals surface area contributed by atoms with Gasteiger partial charge < -0.3 is 14.4 Å². The van der Waals surface area contributed by atoms with Gasteiger partial charge in [0, 0.05) is 24.4 Å². The van der Waals surface area contributed by atoms with E-state index in [0.29, 0.717) is 25.9 Å². The van der Waals surface area contributed by atoms with Crippen LogP contribution in [-0.4, -0.2) is 77.7 Å². The molecule has 4 aliphatic rings. The van der Waals surface area contributed by atoms with Crippen molar-refractivity contribution in [2.24, 2.45) is 5.92 Å². The van der Waals surface area contributed by atoms with Gasteiger partial charge in [-0.3, -0.25) is 14.6 Å². The van der Waals surface area contributed by atoms with E-state index in [0.717, 1.165) is 38.8 Å². The van der Waals surface area contributed by atoms with Crippen LogP contribution in [0.4, 0.5) is 4.79 Å². The SMILES string of the molecule is CCOC(=O)N1C2COCC1CC(N1CCC(C(=O)N3C=CC=CC=C3)CC1)C2. The second-order valence-corrected chi connectivity index (χ2v) is 8.20. The van der Waals surface area contributed by atoms with Crippen LogP contribution in [0.1, 0.15) is 32.6 Å². The van der Waals surface area contributed by atoms with E-state index in [1.807, 2.05) is 48.5 Å². The van der Waals surface area contributed by atoms with Gasteiger partial charge in [0.1, 0.15) is 0 Å². The molecule has 0 aromatic carbocycles. The minimum absolute atomic E-state index is 0.0705. The number of piperidine rings is 2. The molecule has 29 heavy (non-hydrogen) atoms. The van der Waals surface area contributed by atoms with Crippen LogP contribution < -0.4 is 0 Å². The zero-order chi connectivity index (χ0) is 20.2. The predicted molar refractivity (Wildman–Crippen MR) is 109 cm³/mol. The number of allylic oxidation sites excluding steroid dienone is 4. The molecule has 3 saturated heterocycles. The van der Waals surface area contributed by atoms with Gasteiger partial charge >= 0.3 is 6.09 Å². The second-order valence-electron chi connectivity index (χ2n) is 8.20. The molecular formula is C22H31N3O4. The average Bonchev–Trinajstić information content (AvgIpc) is 3.02. The van der Waals surface area contributed by atoms with Crippen LogP contribution in [0, 0.1) is 5.92 Å². The van der Waals surface area contributed by atoms with E-state index in [2.05, 4.69) is 4.90 Å². The highest BCUT2D eigenvalue weighted by Crippen LogP contribution is 2.33. The van der Waals surface area contributed by atoms with Crippen molar-refractivity contribution >= 4 is 12.0 Å². The summed E-state index contributed by atoms with van der Waals surface area (Å²) in [6.45, 7) is 5.28.